The maximum Gasteiger partial charge on any atom is 0.324 e. The molecule has 0 unspecified atom stereocenters. The first-order chi connectivity index (χ1) is 10.2. The molecule has 6 heteroatoms. The minimum absolute atomic E-state index is 0.106. The molecule has 0 saturated heterocycles. The molecule has 0 bridgehead atoms. The summed E-state index contributed by atoms with van der Waals surface area (Å²) >= 11 is 0. The van der Waals surface area contributed by atoms with Crippen molar-refractivity contribution in [1.29, 1.82) is 0 Å². The van der Waals surface area contributed by atoms with E-state index in [1.54, 1.807) is 27.9 Å². The van der Waals surface area contributed by atoms with Gasteiger partial charge in [-0.1, -0.05) is 12.1 Å². The number of amides is 1. The zero-order chi connectivity index (χ0) is 16.8. The monoisotopic (exact) mass is 308 g/mol. The molecule has 0 aliphatic heterocycles. The van der Waals surface area contributed by atoms with Crippen LogP contribution in [0, 0.1) is 0 Å². The van der Waals surface area contributed by atoms with E-state index in [-0.39, 0.29) is 6.42 Å². The van der Waals surface area contributed by atoms with Crippen molar-refractivity contribution in [3.8, 4) is 5.75 Å². The van der Waals surface area contributed by atoms with E-state index in [4.69, 9.17) is 15.2 Å². The molecule has 1 amide bonds. The second-order valence-corrected chi connectivity index (χ2v) is 5.99. The van der Waals surface area contributed by atoms with Crippen LogP contribution < -0.4 is 15.8 Å². The van der Waals surface area contributed by atoms with Gasteiger partial charge in [0.1, 0.15) is 17.4 Å². The normalized spacial score (nSPS) is 12.5. The molecule has 0 heterocycles. The summed E-state index contributed by atoms with van der Waals surface area (Å²) in [6, 6.07) is 6.64. The molecule has 6 nitrogen and oxygen atoms in total. The van der Waals surface area contributed by atoms with Gasteiger partial charge < -0.3 is 15.2 Å². The molecule has 0 saturated carbocycles. The minimum atomic E-state index is -0.765. The molecule has 1 aromatic rings. The van der Waals surface area contributed by atoms with Gasteiger partial charge in [0.15, 0.2) is 0 Å². The third-order valence-electron chi connectivity index (χ3n) is 2.81. The number of methoxy groups -OCH3 is 1. The van der Waals surface area contributed by atoms with Crippen molar-refractivity contribution in [2.24, 2.45) is 5.73 Å². The second-order valence-electron chi connectivity index (χ2n) is 5.99. The van der Waals surface area contributed by atoms with Gasteiger partial charge in [-0.05, 0) is 38.5 Å². The highest BCUT2D eigenvalue weighted by Gasteiger charge is 2.26. The van der Waals surface area contributed by atoms with Crippen molar-refractivity contribution in [1.82, 2.24) is 5.32 Å². The summed E-state index contributed by atoms with van der Waals surface area (Å²) in [6.45, 7) is 5.74. The summed E-state index contributed by atoms with van der Waals surface area (Å²) in [5, 5.41) is 3.01. The van der Waals surface area contributed by atoms with Crippen LogP contribution in [0.25, 0.3) is 0 Å². The Morgan fingerprint density at radius 2 is 1.82 bits per heavy atom. The summed E-state index contributed by atoms with van der Waals surface area (Å²) in [5.74, 6) is -0.289. The molecule has 1 aromatic carbocycles. The van der Waals surface area contributed by atoms with Crippen molar-refractivity contribution < 1.29 is 19.1 Å². The van der Waals surface area contributed by atoms with Crippen LogP contribution in [0.4, 0.5) is 0 Å². The fourth-order valence-corrected chi connectivity index (χ4v) is 1.80. The van der Waals surface area contributed by atoms with Crippen LogP contribution in [0.1, 0.15) is 32.8 Å². The first-order valence-electron chi connectivity index (χ1n) is 7.09. The van der Waals surface area contributed by atoms with E-state index >= 15 is 0 Å². The third-order valence-corrected chi connectivity index (χ3v) is 2.81. The number of hydrogen-bond acceptors (Lipinski definition) is 5. The first kappa shape index (κ1) is 18.0. The number of esters is 1. The topological polar surface area (TPSA) is 90.6 Å². The van der Waals surface area contributed by atoms with Crippen molar-refractivity contribution in [3.05, 3.63) is 29.8 Å². The molecule has 1 rings (SSSR count). The molecule has 0 radical (unpaired) electrons. The molecule has 122 valence electrons. The van der Waals surface area contributed by atoms with E-state index in [0.717, 1.165) is 11.3 Å². The van der Waals surface area contributed by atoms with Crippen LogP contribution >= 0.6 is 0 Å². The summed E-state index contributed by atoms with van der Waals surface area (Å²) in [4.78, 5) is 23.2. The number of nitrogens with two attached hydrogens (primary N) is 1. The minimum Gasteiger partial charge on any atom is -0.497 e. The standard InChI is InChI=1S/C16H24N2O4/c1-16(2,3)22-15(20)13(9-14(17)19)18-10-11-5-7-12(21-4)8-6-11/h5-8,13,18H,9-10H2,1-4H3,(H2,17,19)/t13-/m0/s1. The fraction of sp³-hybridized carbons (Fsp3) is 0.500. The number of nitrogens with one attached hydrogen (secondary N) is 1. The Labute approximate surface area is 131 Å². The SMILES string of the molecule is COc1ccc(CN[C@@H](CC(N)=O)C(=O)OC(C)(C)C)cc1. The van der Waals surface area contributed by atoms with Gasteiger partial charge >= 0.3 is 5.97 Å². The zero-order valence-corrected chi connectivity index (χ0v) is 13.5. The Morgan fingerprint density at radius 3 is 2.27 bits per heavy atom. The van der Waals surface area contributed by atoms with Gasteiger partial charge in [0, 0.05) is 6.54 Å². The first-order valence-corrected chi connectivity index (χ1v) is 7.09. The van der Waals surface area contributed by atoms with Crippen LogP contribution in [0.15, 0.2) is 24.3 Å². The van der Waals surface area contributed by atoms with E-state index < -0.39 is 23.5 Å². The van der Waals surface area contributed by atoms with E-state index in [1.807, 2.05) is 24.3 Å². The average Bonchev–Trinajstić information content (AvgIpc) is 2.41. The number of rotatable bonds is 7. The van der Waals surface area contributed by atoms with Crippen LogP contribution in [-0.4, -0.2) is 30.6 Å². The molecular weight excluding hydrogens is 284 g/mol. The zero-order valence-electron chi connectivity index (χ0n) is 13.5. The van der Waals surface area contributed by atoms with Gasteiger partial charge in [-0.2, -0.15) is 0 Å². The summed E-state index contributed by atoms with van der Waals surface area (Å²) in [5.41, 5.74) is 5.54. The lowest BCUT2D eigenvalue weighted by atomic mass is 10.1. The molecular formula is C16H24N2O4. The number of primary amides is 1. The molecule has 0 aliphatic carbocycles. The van der Waals surface area contributed by atoms with Crippen molar-refractivity contribution >= 4 is 11.9 Å². The van der Waals surface area contributed by atoms with Crippen molar-refractivity contribution in [3.63, 3.8) is 0 Å². The predicted molar refractivity (Wildman–Crippen MR) is 83.3 cm³/mol. The molecule has 0 aliphatic rings. The van der Waals surface area contributed by atoms with E-state index in [2.05, 4.69) is 5.32 Å². The predicted octanol–water partition coefficient (Wildman–Crippen LogP) is 1.37. The van der Waals surface area contributed by atoms with E-state index in [0.29, 0.717) is 6.54 Å². The second kappa shape index (κ2) is 7.79. The summed E-state index contributed by atoms with van der Waals surface area (Å²) < 4.78 is 10.4. The van der Waals surface area contributed by atoms with Gasteiger partial charge in [-0.25, -0.2) is 0 Å². The highest BCUT2D eigenvalue weighted by atomic mass is 16.6. The third kappa shape index (κ3) is 6.58. The molecule has 0 aromatic heterocycles. The lowest BCUT2D eigenvalue weighted by Crippen LogP contribution is -2.43. The quantitative estimate of drug-likeness (QED) is 0.742. The van der Waals surface area contributed by atoms with Crippen LogP contribution in [-0.2, 0) is 20.9 Å². The summed E-state index contributed by atoms with van der Waals surface area (Å²) in [7, 11) is 1.60. The maximum atomic E-state index is 12.1. The highest BCUT2D eigenvalue weighted by molar-refractivity contribution is 5.84. The van der Waals surface area contributed by atoms with Gasteiger partial charge in [-0.3, -0.25) is 14.9 Å². The lowest BCUT2D eigenvalue weighted by molar-refractivity contribution is -0.158. The van der Waals surface area contributed by atoms with Gasteiger partial charge in [-0.15, -0.1) is 0 Å². The number of hydrogen-bond donors (Lipinski definition) is 2. The Kier molecular flexibility index (Phi) is 6.37. The van der Waals surface area contributed by atoms with Crippen LogP contribution in [0.2, 0.25) is 0 Å². The fourth-order valence-electron chi connectivity index (χ4n) is 1.80. The van der Waals surface area contributed by atoms with Crippen molar-refractivity contribution in [2.75, 3.05) is 7.11 Å². The van der Waals surface area contributed by atoms with Gasteiger partial charge in [0.05, 0.1) is 13.5 Å². The molecule has 0 spiro atoms. The van der Waals surface area contributed by atoms with Crippen LogP contribution in [0.5, 0.6) is 5.75 Å². The van der Waals surface area contributed by atoms with Gasteiger partial charge in [0.2, 0.25) is 5.91 Å². The maximum absolute atomic E-state index is 12.1. The lowest BCUT2D eigenvalue weighted by Gasteiger charge is -2.24. The molecule has 22 heavy (non-hydrogen) atoms. The van der Waals surface area contributed by atoms with E-state index in [1.165, 1.54) is 0 Å². The molecule has 1 atom stereocenters. The highest BCUT2D eigenvalue weighted by Crippen LogP contribution is 2.13. The smallest absolute Gasteiger partial charge is 0.324 e. The van der Waals surface area contributed by atoms with Crippen LogP contribution in [0.3, 0.4) is 0 Å². The number of carbonyl (C=O) groups excluding carboxylic acids is 2. The Morgan fingerprint density at radius 1 is 1.23 bits per heavy atom. The van der Waals surface area contributed by atoms with E-state index in [9.17, 15) is 9.59 Å². The number of benzene rings is 1. The Bertz CT molecular complexity index is 506. The molecule has 0 fully saturated rings. The summed E-state index contributed by atoms with van der Waals surface area (Å²) in [6.07, 6.45) is -0.106. The average molecular weight is 308 g/mol. The van der Waals surface area contributed by atoms with Gasteiger partial charge in [0.25, 0.3) is 0 Å². The molecule has 3 N–H and O–H groups in total. The van der Waals surface area contributed by atoms with Crippen molar-refractivity contribution in [2.45, 2.75) is 45.4 Å². The number of ether oxygens (including phenoxy) is 2. The number of carbonyl (C=O) groups is 2. The Hall–Kier alpha value is -2.08. The largest absolute Gasteiger partial charge is 0.497 e. The Balaban J connectivity index is 2.67.